The molecule has 0 atom stereocenters. The minimum Gasteiger partial charge on any atom is -0.493 e. The third-order valence-electron chi connectivity index (χ3n) is 4.17. The first-order valence-electron chi connectivity index (χ1n) is 9.52. The fraction of sp³-hybridized carbons (Fsp3) is 0.182. The van der Waals surface area contributed by atoms with Gasteiger partial charge in [0, 0.05) is 5.69 Å². The molecule has 2 aromatic rings. The molecule has 32 heavy (non-hydrogen) atoms. The maximum absolute atomic E-state index is 12.2. The molecule has 3 rings (SSSR count). The van der Waals surface area contributed by atoms with Crippen LogP contribution in [0.15, 0.2) is 47.4 Å². The minimum atomic E-state index is -0.453. The van der Waals surface area contributed by atoms with Crippen LogP contribution in [0.25, 0.3) is 6.08 Å². The first-order chi connectivity index (χ1) is 15.4. The van der Waals surface area contributed by atoms with Gasteiger partial charge in [-0.1, -0.05) is 6.07 Å². The van der Waals surface area contributed by atoms with Crippen LogP contribution in [0.1, 0.15) is 22.8 Å². The summed E-state index contributed by atoms with van der Waals surface area (Å²) in [6, 6.07) is 11.2. The number of imide groups is 1. The van der Waals surface area contributed by atoms with Crippen molar-refractivity contribution < 1.29 is 33.4 Å². The van der Waals surface area contributed by atoms with E-state index in [4.69, 9.17) is 14.2 Å². The van der Waals surface area contributed by atoms with Crippen LogP contribution in [-0.2, 0) is 14.3 Å². The third-order valence-corrected chi connectivity index (χ3v) is 4.98. The number of esters is 1. The van der Waals surface area contributed by atoms with Crippen molar-refractivity contribution in [3.05, 3.63) is 58.5 Å². The van der Waals surface area contributed by atoms with E-state index in [2.05, 4.69) is 10.6 Å². The van der Waals surface area contributed by atoms with Crippen LogP contribution in [0, 0.1) is 0 Å². The fourth-order valence-corrected chi connectivity index (χ4v) is 3.39. The van der Waals surface area contributed by atoms with Crippen molar-refractivity contribution in [3.63, 3.8) is 0 Å². The van der Waals surface area contributed by atoms with Crippen LogP contribution in [0.4, 0.5) is 10.5 Å². The molecule has 0 saturated carbocycles. The van der Waals surface area contributed by atoms with Crippen LogP contribution >= 0.6 is 11.8 Å². The van der Waals surface area contributed by atoms with Gasteiger partial charge in [0.25, 0.3) is 17.1 Å². The number of amides is 3. The summed E-state index contributed by atoms with van der Waals surface area (Å²) in [6.45, 7) is 1.73. The summed E-state index contributed by atoms with van der Waals surface area (Å²) >= 11 is 0.817. The highest BCUT2D eigenvalue weighted by Crippen LogP contribution is 2.31. The summed E-state index contributed by atoms with van der Waals surface area (Å²) in [7, 11) is 1.45. The second-order valence-electron chi connectivity index (χ2n) is 6.40. The van der Waals surface area contributed by atoms with Gasteiger partial charge in [-0.3, -0.25) is 19.7 Å². The van der Waals surface area contributed by atoms with Crippen LogP contribution in [0.3, 0.4) is 0 Å². The molecule has 2 N–H and O–H groups in total. The summed E-state index contributed by atoms with van der Waals surface area (Å²) in [4.78, 5) is 47.1. The zero-order valence-electron chi connectivity index (χ0n) is 17.3. The molecule has 10 heteroatoms. The molecular weight excluding hydrogens is 436 g/mol. The molecule has 0 unspecified atom stereocenters. The minimum absolute atomic E-state index is 0.275. The van der Waals surface area contributed by atoms with Crippen molar-refractivity contribution >= 4 is 46.5 Å². The molecule has 0 aromatic heterocycles. The van der Waals surface area contributed by atoms with Crippen molar-refractivity contribution in [2.75, 3.05) is 25.6 Å². The summed E-state index contributed by atoms with van der Waals surface area (Å²) in [6.07, 6.45) is 1.56. The normalized spacial score (nSPS) is 14.1. The van der Waals surface area contributed by atoms with E-state index in [9.17, 15) is 19.2 Å². The lowest BCUT2D eigenvalue weighted by molar-refractivity contribution is -0.118. The Morgan fingerprint density at radius 1 is 1.09 bits per heavy atom. The van der Waals surface area contributed by atoms with Gasteiger partial charge in [-0.15, -0.1) is 0 Å². The van der Waals surface area contributed by atoms with Crippen molar-refractivity contribution in [1.82, 2.24) is 5.32 Å². The van der Waals surface area contributed by atoms with E-state index in [1.54, 1.807) is 55.5 Å². The van der Waals surface area contributed by atoms with Gasteiger partial charge in [0.2, 0.25) is 0 Å². The van der Waals surface area contributed by atoms with Gasteiger partial charge in [-0.05, 0) is 66.7 Å². The number of nitrogens with one attached hydrogen (secondary N) is 2. The highest BCUT2D eigenvalue weighted by Gasteiger charge is 2.25. The maximum atomic E-state index is 12.2. The van der Waals surface area contributed by atoms with Crippen molar-refractivity contribution in [2.24, 2.45) is 0 Å². The molecule has 1 fully saturated rings. The van der Waals surface area contributed by atoms with E-state index in [1.165, 1.54) is 7.11 Å². The molecule has 1 aliphatic rings. The van der Waals surface area contributed by atoms with Gasteiger partial charge >= 0.3 is 5.97 Å². The Balaban J connectivity index is 1.59. The Hall–Kier alpha value is -3.79. The van der Waals surface area contributed by atoms with E-state index >= 15 is 0 Å². The van der Waals surface area contributed by atoms with E-state index in [1.807, 2.05) is 0 Å². The standard InChI is InChI=1S/C22H20N2O7S/c1-3-30-21(27)14-5-7-15(8-6-14)23-19(25)12-31-16-9-4-13(10-17(16)29-2)11-18-20(26)24-22(28)32-18/h4-11H,3,12H2,1-2H3,(H,23,25)(H,24,26,28)/b18-11-. The average Bonchev–Trinajstić information content (AvgIpc) is 3.09. The summed E-state index contributed by atoms with van der Waals surface area (Å²) in [5.74, 6) is -0.590. The Kier molecular flexibility index (Phi) is 7.50. The van der Waals surface area contributed by atoms with Crippen molar-refractivity contribution in [1.29, 1.82) is 0 Å². The number of hydrogen-bond donors (Lipinski definition) is 2. The Morgan fingerprint density at radius 3 is 2.47 bits per heavy atom. The lowest BCUT2D eigenvalue weighted by Gasteiger charge is -2.12. The smallest absolute Gasteiger partial charge is 0.338 e. The van der Waals surface area contributed by atoms with Crippen molar-refractivity contribution in [3.8, 4) is 11.5 Å². The first-order valence-corrected chi connectivity index (χ1v) is 10.3. The van der Waals surface area contributed by atoms with Crippen LogP contribution in [0.5, 0.6) is 11.5 Å². The van der Waals surface area contributed by atoms with Crippen LogP contribution < -0.4 is 20.1 Å². The monoisotopic (exact) mass is 456 g/mol. The Labute approximate surface area is 188 Å². The van der Waals surface area contributed by atoms with Gasteiger partial charge in [-0.2, -0.15) is 0 Å². The molecule has 166 valence electrons. The number of thioether (sulfide) groups is 1. The van der Waals surface area contributed by atoms with Gasteiger partial charge in [-0.25, -0.2) is 4.79 Å². The van der Waals surface area contributed by atoms with E-state index in [0.717, 1.165) is 11.8 Å². The largest absolute Gasteiger partial charge is 0.493 e. The van der Waals surface area contributed by atoms with Gasteiger partial charge in [0.1, 0.15) is 0 Å². The Morgan fingerprint density at radius 2 is 1.84 bits per heavy atom. The average molecular weight is 456 g/mol. The maximum Gasteiger partial charge on any atom is 0.338 e. The van der Waals surface area contributed by atoms with Crippen molar-refractivity contribution in [2.45, 2.75) is 6.92 Å². The number of carbonyl (C=O) groups excluding carboxylic acids is 4. The first kappa shape index (κ1) is 22.9. The SMILES string of the molecule is CCOC(=O)c1ccc(NC(=O)COc2ccc(/C=C3\SC(=O)NC3=O)cc2OC)cc1. The molecule has 0 spiro atoms. The van der Waals surface area contributed by atoms with Gasteiger partial charge in [0.05, 0.1) is 24.2 Å². The predicted molar refractivity (Wildman–Crippen MR) is 119 cm³/mol. The lowest BCUT2D eigenvalue weighted by Crippen LogP contribution is -2.20. The summed E-state index contributed by atoms with van der Waals surface area (Å²) in [5.41, 5.74) is 1.52. The zero-order chi connectivity index (χ0) is 23.1. The van der Waals surface area contributed by atoms with Gasteiger partial charge < -0.3 is 19.5 Å². The second-order valence-corrected chi connectivity index (χ2v) is 7.41. The fourth-order valence-electron chi connectivity index (χ4n) is 2.71. The number of hydrogen-bond acceptors (Lipinski definition) is 8. The van der Waals surface area contributed by atoms with Crippen LogP contribution in [-0.4, -0.2) is 43.3 Å². The lowest BCUT2D eigenvalue weighted by atomic mass is 10.2. The number of methoxy groups -OCH3 is 1. The van der Waals surface area contributed by atoms with Gasteiger partial charge in [0.15, 0.2) is 18.1 Å². The van der Waals surface area contributed by atoms with Crippen LogP contribution in [0.2, 0.25) is 0 Å². The highest BCUT2D eigenvalue weighted by atomic mass is 32.2. The highest BCUT2D eigenvalue weighted by molar-refractivity contribution is 8.18. The zero-order valence-corrected chi connectivity index (χ0v) is 18.1. The molecule has 1 aliphatic heterocycles. The molecule has 2 aromatic carbocycles. The summed E-state index contributed by atoms with van der Waals surface area (Å²) < 4.78 is 15.8. The van der Waals surface area contributed by atoms with E-state index in [-0.39, 0.29) is 18.1 Å². The number of ether oxygens (including phenoxy) is 3. The molecule has 1 saturated heterocycles. The Bertz CT molecular complexity index is 1080. The molecule has 0 radical (unpaired) electrons. The number of anilines is 1. The molecule has 3 amide bonds. The number of carbonyl (C=O) groups is 4. The number of rotatable bonds is 8. The number of benzene rings is 2. The second kappa shape index (κ2) is 10.5. The topological polar surface area (TPSA) is 120 Å². The molecular formula is C22H20N2O7S. The van der Waals surface area contributed by atoms with E-state index < -0.39 is 23.0 Å². The summed E-state index contributed by atoms with van der Waals surface area (Å²) in [5, 5.41) is 4.44. The molecule has 1 heterocycles. The molecule has 0 aliphatic carbocycles. The predicted octanol–water partition coefficient (Wildman–Crippen LogP) is 3.21. The van der Waals surface area contributed by atoms with E-state index in [0.29, 0.717) is 28.3 Å². The molecule has 9 nitrogen and oxygen atoms in total. The molecule has 0 bridgehead atoms. The quantitative estimate of drug-likeness (QED) is 0.459. The third kappa shape index (κ3) is 5.88.